The zero-order chi connectivity index (χ0) is 9.14. The first-order valence-electron chi connectivity index (χ1n) is 4.12. The van der Waals surface area contributed by atoms with Crippen LogP contribution in [-0.2, 0) is 0 Å². The molecular formula is C10H14FN. The molecule has 0 bridgehead atoms. The average Bonchev–Trinajstić information content (AvgIpc) is 2.05. The number of nitrogens with one attached hydrogen (secondary N) is 1. The molecule has 0 heterocycles. The average molecular weight is 167 g/mol. The Morgan fingerprint density at radius 1 is 1.33 bits per heavy atom. The minimum Gasteiger partial charge on any atom is -0.386 e. The van der Waals surface area contributed by atoms with Gasteiger partial charge in [-0.2, -0.15) is 0 Å². The van der Waals surface area contributed by atoms with Gasteiger partial charge in [0.25, 0.3) is 0 Å². The van der Waals surface area contributed by atoms with E-state index in [2.05, 4.69) is 19.2 Å². The summed E-state index contributed by atoms with van der Waals surface area (Å²) in [6.45, 7) is 4.18. The lowest BCUT2D eigenvalue weighted by Crippen LogP contribution is -1.95. The van der Waals surface area contributed by atoms with Gasteiger partial charge in [0.1, 0.15) is 5.82 Å². The number of hydrogen-bond donors (Lipinski definition) is 1. The highest BCUT2D eigenvalue weighted by Crippen LogP contribution is 2.20. The summed E-state index contributed by atoms with van der Waals surface area (Å²) in [6, 6.07) is 5.17. The van der Waals surface area contributed by atoms with E-state index >= 15 is 0 Å². The lowest BCUT2D eigenvalue weighted by atomic mass is 10.0. The van der Waals surface area contributed by atoms with Crippen molar-refractivity contribution in [2.75, 3.05) is 12.4 Å². The predicted octanol–water partition coefficient (Wildman–Crippen LogP) is 2.99. The number of hydrogen-bond acceptors (Lipinski definition) is 1. The maximum Gasteiger partial charge on any atom is 0.146 e. The van der Waals surface area contributed by atoms with Gasteiger partial charge in [0.15, 0.2) is 0 Å². The van der Waals surface area contributed by atoms with Crippen LogP contribution in [0.5, 0.6) is 0 Å². The van der Waals surface area contributed by atoms with E-state index in [0.717, 1.165) is 5.56 Å². The van der Waals surface area contributed by atoms with Gasteiger partial charge in [-0.15, -0.1) is 0 Å². The van der Waals surface area contributed by atoms with Gasteiger partial charge in [0.2, 0.25) is 0 Å². The SMILES string of the molecule is CNc1cc(C(C)C)ccc1F. The van der Waals surface area contributed by atoms with Crippen molar-refractivity contribution in [3.63, 3.8) is 0 Å². The Morgan fingerprint density at radius 3 is 2.50 bits per heavy atom. The summed E-state index contributed by atoms with van der Waals surface area (Å²) in [5.41, 5.74) is 1.72. The molecule has 12 heavy (non-hydrogen) atoms. The van der Waals surface area contributed by atoms with E-state index in [0.29, 0.717) is 11.6 Å². The van der Waals surface area contributed by atoms with E-state index in [1.54, 1.807) is 7.05 Å². The molecule has 0 atom stereocenters. The Labute approximate surface area is 72.6 Å². The zero-order valence-corrected chi connectivity index (χ0v) is 7.69. The second kappa shape index (κ2) is 3.57. The van der Waals surface area contributed by atoms with E-state index < -0.39 is 0 Å². The summed E-state index contributed by atoms with van der Waals surface area (Å²) in [6.07, 6.45) is 0. The lowest BCUT2D eigenvalue weighted by Gasteiger charge is -2.08. The summed E-state index contributed by atoms with van der Waals surface area (Å²) < 4.78 is 13.0. The first kappa shape index (κ1) is 9.04. The molecule has 0 fully saturated rings. The Hall–Kier alpha value is -1.05. The fourth-order valence-corrected chi connectivity index (χ4v) is 1.09. The van der Waals surface area contributed by atoms with E-state index in [1.807, 2.05) is 12.1 Å². The van der Waals surface area contributed by atoms with E-state index in [4.69, 9.17) is 0 Å². The maximum absolute atomic E-state index is 13.0. The van der Waals surface area contributed by atoms with Crippen LogP contribution < -0.4 is 5.32 Å². The van der Waals surface area contributed by atoms with Crippen molar-refractivity contribution in [2.45, 2.75) is 19.8 Å². The molecule has 0 radical (unpaired) electrons. The van der Waals surface area contributed by atoms with Gasteiger partial charge in [-0.1, -0.05) is 19.9 Å². The van der Waals surface area contributed by atoms with Gasteiger partial charge < -0.3 is 5.32 Å². The molecule has 1 N–H and O–H groups in total. The van der Waals surface area contributed by atoms with Gasteiger partial charge in [-0.05, 0) is 23.6 Å². The van der Waals surface area contributed by atoms with Crippen LogP contribution in [0.15, 0.2) is 18.2 Å². The largest absolute Gasteiger partial charge is 0.386 e. The molecule has 1 aromatic rings. The fourth-order valence-electron chi connectivity index (χ4n) is 1.09. The second-order valence-electron chi connectivity index (χ2n) is 3.14. The van der Waals surface area contributed by atoms with Crippen LogP contribution in [0.1, 0.15) is 25.3 Å². The minimum absolute atomic E-state index is 0.193. The molecule has 0 aromatic heterocycles. The van der Waals surface area contributed by atoms with Crippen LogP contribution in [0.2, 0.25) is 0 Å². The molecule has 66 valence electrons. The van der Waals surface area contributed by atoms with Crippen molar-refractivity contribution in [3.05, 3.63) is 29.6 Å². The summed E-state index contributed by atoms with van der Waals surface area (Å²) in [5.74, 6) is 0.250. The normalized spacial score (nSPS) is 10.4. The standard InChI is InChI=1S/C10H14FN/c1-7(2)8-4-5-9(11)10(6-8)12-3/h4-7,12H,1-3H3. The van der Waals surface area contributed by atoms with Crippen LogP contribution in [0, 0.1) is 5.82 Å². The molecule has 1 aromatic carbocycles. The molecule has 1 nitrogen and oxygen atoms in total. The zero-order valence-electron chi connectivity index (χ0n) is 7.69. The Morgan fingerprint density at radius 2 is 2.00 bits per heavy atom. The molecule has 0 aliphatic heterocycles. The van der Waals surface area contributed by atoms with Crippen molar-refractivity contribution in [1.29, 1.82) is 0 Å². The Balaban J connectivity index is 3.05. The third kappa shape index (κ3) is 1.76. The Bertz CT molecular complexity index is 269. The highest BCUT2D eigenvalue weighted by Gasteiger charge is 2.03. The summed E-state index contributed by atoms with van der Waals surface area (Å²) in [4.78, 5) is 0. The summed E-state index contributed by atoms with van der Waals surface area (Å²) >= 11 is 0. The lowest BCUT2D eigenvalue weighted by molar-refractivity contribution is 0.630. The van der Waals surface area contributed by atoms with Crippen molar-refractivity contribution in [1.82, 2.24) is 0 Å². The van der Waals surface area contributed by atoms with Gasteiger partial charge in [-0.3, -0.25) is 0 Å². The monoisotopic (exact) mass is 167 g/mol. The number of halogens is 1. The Kier molecular flexibility index (Phi) is 2.69. The topological polar surface area (TPSA) is 12.0 Å². The molecule has 0 aliphatic rings. The van der Waals surface area contributed by atoms with Gasteiger partial charge in [-0.25, -0.2) is 4.39 Å². The number of benzene rings is 1. The first-order valence-corrected chi connectivity index (χ1v) is 4.12. The molecule has 2 heteroatoms. The van der Waals surface area contributed by atoms with Crippen molar-refractivity contribution in [3.8, 4) is 0 Å². The molecule has 0 aliphatic carbocycles. The van der Waals surface area contributed by atoms with E-state index in [9.17, 15) is 4.39 Å². The quantitative estimate of drug-likeness (QED) is 0.714. The molecule has 0 unspecified atom stereocenters. The van der Waals surface area contributed by atoms with E-state index in [1.165, 1.54) is 6.07 Å². The van der Waals surface area contributed by atoms with E-state index in [-0.39, 0.29) is 5.82 Å². The number of rotatable bonds is 2. The fraction of sp³-hybridized carbons (Fsp3) is 0.400. The molecule has 0 saturated heterocycles. The minimum atomic E-state index is -0.193. The van der Waals surface area contributed by atoms with Gasteiger partial charge >= 0.3 is 0 Å². The molecular weight excluding hydrogens is 153 g/mol. The molecule has 0 amide bonds. The highest BCUT2D eigenvalue weighted by atomic mass is 19.1. The first-order chi connectivity index (χ1) is 5.65. The summed E-state index contributed by atoms with van der Waals surface area (Å²) in [7, 11) is 1.72. The van der Waals surface area contributed by atoms with Gasteiger partial charge in [0, 0.05) is 7.05 Å². The van der Waals surface area contributed by atoms with Crippen LogP contribution in [-0.4, -0.2) is 7.05 Å². The predicted molar refractivity (Wildman–Crippen MR) is 50.0 cm³/mol. The van der Waals surface area contributed by atoms with Crippen LogP contribution in [0.4, 0.5) is 10.1 Å². The van der Waals surface area contributed by atoms with Crippen LogP contribution >= 0.6 is 0 Å². The second-order valence-corrected chi connectivity index (χ2v) is 3.14. The van der Waals surface area contributed by atoms with Crippen molar-refractivity contribution < 1.29 is 4.39 Å². The molecule has 0 saturated carbocycles. The summed E-state index contributed by atoms with van der Waals surface area (Å²) in [5, 5.41) is 2.82. The van der Waals surface area contributed by atoms with Crippen LogP contribution in [0.25, 0.3) is 0 Å². The number of anilines is 1. The van der Waals surface area contributed by atoms with Crippen molar-refractivity contribution in [2.24, 2.45) is 0 Å². The smallest absolute Gasteiger partial charge is 0.146 e. The third-order valence-corrected chi connectivity index (χ3v) is 1.93. The molecule has 0 spiro atoms. The van der Waals surface area contributed by atoms with Gasteiger partial charge in [0.05, 0.1) is 5.69 Å². The molecule has 1 rings (SSSR count). The highest BCUT2D eigenvalue weighted by molar-refractivity contribution is 5.47. The maximum atomic E-state index is 13.0. The van der Waals surface area contributed by atoms with Crippen LogP contribution in [0.3, 0.4) is 0 Å². The third-order valence-electron chi connectivity index (χ3n) is 1.93. The van der Waals surface area contributed by atoms with Crippen molar-refractivity contribution >= 4 is 5.69 Å².